The van der Waals surface area contributed by atoms with Gasteiger partial charge in [-0.3, -0.25) is 4.79 Å². The molecule has 3 nitrogen and oxygen atoms in total. The van der Waals surface area contributed by atoms with Crippen molar-refractivity contribution < 1.29 is 9.53 Å². The minimum absolute atomic E-state index is 0.263. The third-order valence-corrected chi connectivity index (χ3v) is 3.98. The summed E-state index contributed by atoms with van der Waals surface area (Å²) in [7, 11) is 0. The van der Waals surface area contributed by atoms with Gasteiger partial charge in [0.2, 0.25) is 0 Å². The van der Waals surface area contributed by atoms with Crippen LogP contribution in [0.25, 0.3) is 0 Å². The average Bonchev–Trinajstić information content (AvgIpc) is 2.48. The van der Waals surface area contributed by atoms with Crippen molar-refractivity contribution in [1.29, 1.82) is 0 Å². The lowest BCUT2D eigenvalue weighted by atomic mass is 10.1. The number of rotatable bonds is 5. The highest BCUT2D eigenvalue weighted by molar-refractivity contribution is 14.1. The third kappa shape index (κ3) is 4.31. The van der Waals surface area contributed by atoms with Gasteiger partial charge in [0.25, 0.3) is 0 Å². The number of esters is 1. The molecule has 0 saturated heterocycles. The Morgan fingerprint density at radius 1 is 1.10 bits per heavy atom. The molecular weight excluding hydrogens is 365 g/mol. The molecule has 0 aromatic heterocycles. The lowest BCUT2D eigenvalue weighted by Gasteiger charge is -2.12. The molecule has 0 bridgehead atoms. The topological polar surface area (TPSA) is 52.3 Å². The molecule has 4 heteroatoms. The van der Waals surface area contributed by atoms with Crippen LogP contribution in [-0.4, -0.2) is 12.0 Å². The largest absolute Gasteiger partial charge is 0.460 e. The molecule has 104 valence electrons. The van der Waals surface area contributed by atoms with Crippen molar-refractivity contribution in [3.8, 4) is 0 Å². The maximum absolute atomic E-state index is 11.9. The molecule has 0 fully saturated rings. The minimum Gasteiger partial charge on any atom is -0.460 e. The quantitative estimate of drug-likeness (QED) is 0.640. The highest BCUT2D eigenvalue weighted by atomic mass is 127. The van der Waals surface area contributed by atoms with Gasteiger partial charge in [0.05, 0.1) is 0 Å². The molecule has 0 radical (unpaired) electrons. The Balaban J connectivity index is 1.88. The smallest absolute Gasteiger partial charge is 0.323 e. The predicted octanol–water partition coefficient (Wildman–Crippen LogP) is 2.90. The molecule has 2 aromatic carbocycles. The summed E-state index contributed by atoms with van der Waals surface area (Å²) in [5.74, 6) is -0.367. The number of carbonyl (C=O) groups excluding carboxylic acids is 1. The summed E-state index contributed by atoms with van der Waals surface area (Å²) >= 11 is 2.24. The van der Waals surface area contributed by atoms with Gasteiger partial charge in [-0.05, 0) is 46.2 Å². The van der Waals surface area contributed by atoms with Crippen LogP contribution in [0.4, 0.5) is 0 Å². The summed E-state index contributed by atoms with van der Waals surface area (Å²) in [6.07, 6.45) is 0.493. The van der Waals surface area contributed by atoms with Gasteiger partial charge in [0.15, 0.2) is 0 Å². The molecule has 2 aromatic rings. The zero-order chi connectivity index (χ0) is 14.4. The molecule has 2 rings (SSSR count). The summed E-state index contributed by atoms with van der Waals surface area (Å²) in [5, 5.41) is 0. The molecule has 0 heterocycles. The normalized spacial score (nSPS) is 11.9. The second kappa shape index (κ2) is 7.40. The number of ether oxygens (including phenoxy) is 1. The van der Waals surface area contributed by atoms with Gasteiger partial charge in [0.1, 0.15) is 12.6 Å². The van der Waals surface area contributed by atoms with Crippen LogP contribution in [0.2, 0.25) is 0 Å². The van der Waals surface area contributed by atoms with E-state index in [0.717, 1.165) is 14.7 Å². The van der Waals surface area contributed by atoms with E-state index in [4.69, 9.17) is 10.5 Å². The number of nitrogens with two attached hydrogens (primary N) is 1. The standard InChI is InChI=1S/C16H16INO2/c17-14-9-5-4-8-13(14)10-15(18)16(19)20-11-12-6-2-1-3-7-12/h1-9,15H,10-11,18H2. The Hall–Kier alpha value is -1.40. The van der Waals surface area contributed by atoms with Crippen LogP contribution in [0, 0.1) is 3.57 Å². The van der Waals surface area contributed by atoms with Crippen molar-refractivity contribution >= 4 is 28.6 Å². The van der Waals surface area contributed by atoms with Gasteiger partial charge in [-0.1, -0.05) is 48.5 Å². The van der Waals surface area contributed by atoms with E-state index in [1.54, 1.807) is 0 Å². The molecule has 1 atom stereocenters. The van der Waals surface area contributed by atoms with E-state index in [9.17, 15) is 4.79 Å². The van der Waals surface area contributed by atoms with Crippen molar-refractivity contribution in [1.82, 2.24) is 0 Å². The molecule has 0 aliphatic heterocycles. The maximum Gasteiger partial charge on any atom is 0.323 e. The first-order chi connectivity index (χ1) is 9.66. The lowest BCUT2D eigenvalue weighted by molar-refractivity contribution is -0.146. The zero-order valence-electron chi connectivity index (χ0n) is 11.0. The fourth-order valence-corrected chi connectivity index (χ4v) is 2.43. The van der Waals surface area contributed by atoms with Crippen LogP contribution in [0.1, 0.15) is 11.1 Å². The van der Waals surface area contributed by atoms with Gasteiger partial charge in [-0.25, -0.2) is 0 Å². The van der Waals surface area contributed by atoms with Crippen LogP contribution in [-0.2, 0) is 22.6 Å². The zero-order valence-corrected chi connectivity index (χ0v) is 13.1. The SMILES string of the molecule is NC(Cc1ccccc1I)C(=O)OCc1ccccc1. The number of carbonyl (C=O) groups is 1. The number of benzene rings is 2. The molecule has 0 spiro atoms. The van der Waals surface area contributed by atoms with E-state index in [1.807, 2.05) is 54.6 Å². The minimum atomic E-state index is -0.630. The molecule has 0 aliphatic rings. The lowest BCUT2D eigenvalue weighted by Crippen LogP contribution is -2.34. The van der Waals surface area contributed by atoms with Gasteiger partial charge in [-0.15, -0.1) is 0 Å². The summed E-state index contributed by atoms with van der Waals surface area (Å²) < 4.78 is 6.34. The van der Waals surface area contributed by atoms with E-state index in [1.165, 1.54) is 0 Å². The van der Waals surface area contributed by atoms with Crippen LogP contribution in [0.5, 0.6) is 0 Å². The Labute approximate surface area is 132 Å². The van der Waals surface area contributed by atoms with Gasteiger partial charge < -0.3 is 10.5 Å². The van der Waals surface area contributed by atoms with Crippen LogP contribution in [0.15, 0.2) is 54.6 Å². The first kappa shape index (κ1) is 15.0. The van der Waals surface area contributed by atoms with E-state index < -0.39 is 6.04 Å². The van der Waals surface area contributed by atoms with Crippen LogP contribution < -0.4 is 5.73 Å². The maximum atomic E-state index is 11.9. The van der Waals surface area contributed by atoms with Gasteiger partial charge in [0, 0.05) is 3.57 Å². The highest BCUT2D eigenvalue weighted by Crippen LogP contribution is 2.13. The summed E-state index contributed by atoms with van der Waals surface area (Å²) in [5.41, 5.74) is 7.93. The molecule has 1 unspecified atom stereocenters. The van der Waals surface area contributed by atoms with Crippen LogP contribution >= 0.6 is 22.6 Å². The molecule has 20 heavy (non-hydrogen) atoms. The third-order valence-electron chi connectivity index (χ3n) is 2.92. The fraction of sp³-hybridized carbons (Fsp3) is 0.188. The summed E-state index contributed by atoms with van der Waals surface area (Å²) in [4.78, 5) is 11.9. The predicted molar refractivity (Wildman–Crippen MR) is 87.1 cm³/mol. The van der Waals surface area contributed by atoms with Crippen molar-refractivity contribution in [2.24, 2.45) is 5.73 Å². The average molecular weight is 381 g/mol. The second-order valence-electron chi connectivity index (χ2n) is 4.50. The first-order valence-corrected chi connectivity index (χ1v) is 7.44. The number of hydrogen-bond donors (Lipinski definition) is 1. The van der Waals surface area contributed by atoms with E-state index in [-0.39, 0.29) is 12.6 Å². The first-order valence-electron chi connectivity index (χ1n) is 6.36. The van der Waals surface area contributed by atoms with Crippen molar-refractivity contribution in [2.75, 3.05) is 0 Å². The van der Waals surface area contributed by atoms with Crippen molar-refractivity contribution in [2.45, 2.75) is 19.1 Å². The van der Waals surface area contributed by atoms with E-state index in [0.29, 0.717) is 6.42 Å². The fourth-order valence-electron chi connectivity index (χ4n) is 1.82. The molecular formula is C16H16INO2. The van der Waals surface area contributed by atoms with Crippen molar-refractivity contribution in [3.05, 3.63) is 69.3 Å². The Morgan fingerprint density at radius 2 is 1.75 bits per heavy atom. The van der Waals surface area contributed by atoms with Gasteiger partial charge in [-0.2, -0.15) is 0 Å². The Kier molecular flexibility index (Phi) is 5.55. The van der Waals surface area contributed by atoms with Crippen LogP contribution in [0.3, 0.4) is 0 Å². The molecule has 0 aliphatic carbocycles. The highest BCUT2D eigenvalue weighted by Gasteiger charge is 2.16. The molecule has 2 N–H and O–H groups in total. The monoisotopic (exact) mass is 381 g/mol. The Morgan fingerprint density at radius 3 is 2.45 bits per heavy atom. The summed E-state index contributed by atoms with van der Waals surface area (Å²) in [6, 6.07) is 16.8. The number of halogens is 1. The Bertz CT molecular complexity index is 572. The van der Waals surface area contributed by atoms with E-state index >= 15 is 0 Å². The molecule has 0 amide bonds. The van der Waals surface area contributed by atoms with E-state index in [2.05, 4.69) is 22.6 Å². The van der Waals surface area contributed by atoms with Gasteiger partial charge >= 0.3 is 5.97 Å². The van der Waals surface area contributed by atoms with Crippen molar-refractivity contribution in [3.63, 3.8) is 0 Å². The summed E-state index contributed by atoms with van der Waals surface area (Å²) in [6.45, 7) is 0.263. The number of hydrogen-bond acceptors (Lipinski definition) is 3. The second-order valence-corrected chi connectivity index (χ2v) is 5.66. The molecule has 0 saturated carbocycles.